The number of rotatable bonds is 21. The predicted octanol–water partition coefficient (Wildman–Crippen LogP) is 8.58. The molecular formula is C46H56N2O13S. The number of Topliss-reactive ketones (excluding diaryl/α,β-unsaturated/α-hetero) is 1. The molecule has 0 spiro atoms. The predicted molar refractivity (Wildman–Crippen MR) is 232 cm³/mol. The Morgan fingerprint density at radius 1 is 0.677 bits per heavy atom. The molecule has 0 saturated carbocycles. The van der Waals surface area contributed by atoms with Gasteiger partial charge < -0.3 is 33.8 Å². The molecule has 0 aliphatic carbocycles. The Morgan fingerprint density at radius 3 is 1.79 bits per heavy atom. The van der Waals surface area contributed by atoms with Gasteiger partial charge in [-0.2, -0.15) is 0 Å². The molecular weight excluding hydrogens is 821 g/mol. The fourth-order valence-corrected chi connectivity index (χ4v) is 5.14. The average Bonchev–Trinajstić information content (AvgIpc) is 3.27. The van der Waals surface area contributed by atoms with Gasteiger partial charge in [0.25, 0.3) is 0 Å². The van der Waals surface area contributed by atoms with Crippen molar-refractivity contribution in [3.05, 3.63) is 102 Å². The van der Waals surface area contributed by atoms with Crippen LogP contribution in [-0.4, -0.2) is 80.4 Å². The topological polar surface area (TPSA) is 199 Å². The lowest BCUT2D eigenvalue weighted by molar-refractivity contribution is -0.155. The quantitative estimate of drug-likeness (QED) is 0.0123. The third kappa shape index (κ3) is 17.7. The van der Waals surface area contributed by atoms with Gasteiger partial charge in [0.15, 0.2) is 0 Å². The van der Waals surface area contributed by atoms with Crippen LogP contribution in [0.1, 0.15) is 106 Å². The lowest BCUT2D eigenvalue weighted by atomic mass is 9.91. The van der Waals surface area contributed by atoms with Crippen LogP contribution >= 0.6 is 11.8 Å². The van der Waals surface area contributed by atoms with Crippen LogP contribution in [0.25, 0.3) is 0 Å². The second-order valence-corrected chi connectivity index (χ2v) is 15.7. The summed E-state index contributed by atoms with van der Waals surface area (Å²) in [4.78, 5) is 90.3. The molecule has 1 amide bonds. The average molecular weight is 877 g/mol. The molecule has 0 bridgehead atoms. The molecule has 0 aliphatic rings. The standard InChI is InChI=1S/C32H33NO7S.C14H23NO6/c1-6-20-38-29(35)26-10-8-9-11-27(26)30(36)40-33-21(3)28(34)22-12-16-24(17-13-22)41-25-18-14-23(15-19-25)39-31(37)32(4,5)7-2;1-5-11(16)19-8-7-15-13(18)21-10-9-20-12(17)14(3,4)6-2/h8-19H,6-7,20H2,1-5H3;5H,1,6-10H2,2-4H3,(H,15,18)/b33-21+;. The van der Waals surface area contributed by atoms with E-state index >= 15 is 0 Å². The number of benzene rings is 3. The summed E-state index contributed by atoms with van der Waals surface area (Å²) in [5, 5.41) is 6.08. The van der Waals surface area contributed by atoms with Gasteiger partial charge >= 0.3 is 35.9 Å². The van der Waals surface area contributed by atoms with Gasteiger partial charge in [-0.1, -0.05) is 56.4 Å². The highest BCUT2D eigenvalue weighted by Crippen LogP contribution is 2.30. The van der Waals surface area contributed by atoms with E-state index < -0.39 is 40.6 Å². The van der Waals surface area contributed by atoms with Crippen molar-refractivity contribution < 1.29 is 62.1 Å². The summed E-state index contributed by atoms with van der Waals surface area (Å²) in [6.45, 7) is 18.0. The molecule has 1 N–H and O–H groups in total. The van der Waals surface area contributed by atoms with Crippen molar-refractivity contribution in [1.82, 2.24) is 5.32 Å². The number of hydrogen-bond acceptors (Lipinski definition) is 15. The minimum absolute atomic E-state index is 0.00112. The summed E-state index contributed by atoms with van der Waals surface area (Å²) in [7, 11) is 0. The normalized spacial score (nSPS) is 11.1. The van der Waals surface area contributed by atoms with Gasteiger partial charge in [-0.3, -0.25) is 14.4 Å². The molecule has 334 valence electrons. The van der Waals surface area contributed by atoms with Crippen LogP contribution in [0.4, 0.5) is 4.79 Å². The van der Waals surface area contributed by atoms with Crippen molar-refractivity contribution in [2.45, 2.75) is 84.4 Å². The molecule has 0 heterocycles. The second kappa shape index (κ2) is 26.1. The fourth-order valence-electron chi connectivity index (χ4n) is 4.32. The van der Waals surface area contributed by atoms with Gasteiger partial charge in [-0.25, -0.2) is 19.2 Å². The van der Waals surface area contributed by atoms with Crippen LogP contribution in [0, 0.1) is 10.8 Å². The highest BCUT2D eigenvalue weighted by atomic mass is 32.2. The maximum atomic E-state index is 12.8. The van der Waals surface area contributed by atoms with Crippen molar-refractivity contribution in [1.29, 1.82) is 0 Å². The summed E-state index contributed by atoms with van der Waals surface area (Å²) in [5.74, 6) is -2.59. The molecule has 0 unspecified atom stereocenters. The van der Waals surface area contributed by atoms with Crippen molar-refractivity contribution in [2.75, 3.05) is 33.0 Å². The van der Waals surface area contributed by atoms with Crippen LogP contribution in [-0.2, 0) is 38.2 Å². The monoisotopic (exact) mass is 876 g/mol. The smallest absolute Gasteiger partial charge is 0.407 e. The van der Waals surface area contributed by atoms with Crippen LogP contribution in [0.5, 0.6) is 5.75 Å². The molecule has 0 aromatic heterocycles. The van der Waals surface area contributed by atoms with Gasteiger partial charge in [0.1, 0.15) is 31.3 Å². The number of oxime groups is 1. The SMILES string of the molecule is C=CC(=O)OCCNC(=O)OCCOC(=O)C(C)(C)CC.CCCOC(=O)c1ccccc1C(=O)O/N=C(\C)C(=O)c1ccc(Sc2ccc(OC(=O)C(C)(C)CC)cc2)cc1. The van der Waals surface area contributed by atoms with Crippen molar-refractivity contribution in [2.24, 2.45) is 16.0 Å². The summed E-state index contributed by atoms with van der Waals surface area (Å²) in [6, 6.07) is 20.2. The molecule has 3 aromatic rings. The Balaban J connectivity index is 0.000000532. The number of carbonyl (C=O) groups excluding carboxylic acids is 7. The first-order valence-electron chi connectivity index (χ1n) is 19.9. The number of ether oxygens (including phenoxy) is 5. The second-order valence-electron chi connectivity index (χ2n) is 14.6. The molecule has 3 aromatic carbocycles. The number of alkyl carbamates (subject to hydrolysis) is 1. The Labute approximate surface area is 366 Å². The van der Waals surface area contributed by atoms with E-state index in [2.05, 4.69) is 21.8 Å². The molecule has 0 aliphatic heterocycles. The zero-order chi connectivity index (χ0) is 46.3. The van der Waals surface area contributed by atoms with Crippen LogP contribution in [0.2, 0.25) is 0 Å². The largest absolute Gasteiger partial charge is 0.462 e. The van der Waals surface area contributed by atoms with E-state index in [1.54, 1.807) is 62.4 Å². The number of amides is 1. The molecule has 0 atom stereocenters. The van der Waals surface area contributed by atoms with E-state index in [0.717, 1.165) is 15.9 Å². The van der Waals surface area contributed by atoms with Crippen molar-refractivity contribution >= 4 is 59.2 Å². The minimum Gasteiger partial charge on any atom is -0.462 e. The highest BCUT2D eigenvalue weighted by molar-refractivity contribution is 7.99. The fraction of sp³-hybridized carbons (Fsp3) is 0.391. The van der Waals surface area contributed by atoms with Gasteiger partial charge in [0, 0.05) is 21.4 Å². The molecule has 3 rings (SSSR count). The first-order valence-corrected chi connectivity index (χ1v) is 20.7. The maximum absolute atomic E-state index is 12.8. The zero-order valence-corrected chi connectivity index (χ0v) is 37.3. The Bertz CT molecular complexity index is 2040. The molecule has 16 heteroatoms. The number of nitrogens with zero attached hydrogens (tertiary/aromatic N) is 1. The van der Waals surface area contributed by atoms with Crippen molar-refractivity contribution in [3.8, 4) is 5.75 Å². The van der Waals surface area contributed by atoms with Crippen LogP contribution in [0.3, 0.4) is 0 Å². The van der Waals surface area contributed by atoms with Gasteiger partial charge in [0.2, 0.25) is 5.78 Å². The first-order chi connectivity index (χ1) is 29.4. The van der Waals surface area contributed by atoms with Crippen LogP contribution in [0.15, 0.2) is 100 Å². The number of carbonyl (C=O) groups is 7. The zero-order valence-electron chi connectivity index (χ0n) is 36.5. The summed E-state index contributed by atoms with van der Waals surface area (Å²) in [5.41, 5.74) is -0.689. The molecule has 0 saturated heterocycles. The number of ketones is 1. The van der Waals surface area contributed by atoms with Gasteiger partial charge in [0.05, 0.1) is 35.1 Å². The summed E-state index contributed by atoms with van der Waals surface area (Å²) < 4.78 is 25.0. The summed E-state index contributed by atoms with van der Waals surface area (Å²) in [6.07, 6.45) is 2.35. The maximum Gasteiger partial charge on any atom is 0.407 e. The number of nitrogens with one attached hydrogen (secondary N) is 1. The number of hydrogen-bond donors (Lipinski definition) is 1. The minimum atomic E-state index is -0.872. The lowest BCUT2D eigenvalue weighted by Gasteiger charge is -2.20. The molecule has 15 nitrogen and oxygen atoms in total. The van der Waals surface area contributed by atoms with E-state index in [9.17, 15) is 33.6 Å². The van der Waals surface area contributed by atoms with Gasteiger partial charge in [-0.15, -0.1) is 0 Å². The Kier molecular flexibility index (Phi) is 21.9. The van der Waals surface area contributed by atoms with E-state index in [0.29, 0.717) is 30.6 Å². The van der Waals surface area contributed by atoms with E-state index in [1.807, 2.05) is 46.8 Å². The molecule has 0 fully saturated rings. The first kappa shape index (κ1) is 51.8. The lowest BCUT2D eigenvalue weighted by Crippen LogP contribution is -2.31. The molecule has 62 heavy (non-hydrogen) atoms. The third-order valence-corrected chi connectivity index (χ3v) is 10.0. The van der Waals surface area contributed by atoms with E-state index in [-0.39, 0.29) is 61.7 Å². The third-order valence-electron chi connectivity index (χ3n) is 8.99. The van der Waals surface area contributed by atoms with Crippen LogP contribution < -0.4 is 10.1 Å². The highest BCUT2D eigenvalue weighted by Gasteiger charge is 2.28. The Morgan fingerprint density at radius 2 is 1.23 bits per heavy atom. The van der Waals surface area contributed by atoms with E-state index in [4.69, 9.17) is 23.8 Å². The van der Waals surface area contributed by atoms with E-state index in [1.165, 1.54) is 30.8 Å². The Hall–Kier alpha value is -6.29. The number of esters is 4. The van der Waals surface area contributed by atoms with Gasteiger partial charge in [-0.05, 0) is 115 Å². The summed E-state index contributed by atoms with van der Waals surface area (Å²) >= 11 is 1.49. The van der Waals surface area contributed by atoms with Crippen molar-refractivity contribution in [3.63, 3.8) is 0 Å². The molecule has 0 radical (unpaired) electrons.